The van der Waals surface area contributed by atoms with Gasteiger partial charge in [-0.05, 0) is 6.07 Å². The number of aromatic nitrogens is 3. The van der Waals surface area contributed by atoms with Crippen LogP contribution in [0.1, 0.15) is 5.56 Å². The fourth-order valence-corrected chi connectivity index (χ4v) is 1.61. The highest BCUT2D eigenvalue weighted by molar-refractivity contribution is 6.33. The molecule has 0 fully saturated rings. The van der Waals surface area contributed by atoms with Gasteiger partial charge in [0, 0.05) is 6.20 Å². The molecule has 2 aromatic rings. The molecule has 9 heteroatoms. The first-order chi connectivity index (χ1) is 8.29. The Labute approximate surface area is 109 Å². The Morgan fingerprint density at radius 3 is 2.33 bits per heavy atom. The van der Waals surface area contributed by atoms with Crippen molar-refractivity contribution in [2.24, 2.45) is 0 Å². The average molecular weight is 297 g/mol. The van der Waals surface area contributed by atoms with E-state index in [-0.39, 0.29) is 21.7 Å². The predicted octanol–water partition coefficient (Wildman–Crippen LogP) is 3.18. The summed E-state index contributed by atoms with van der Waals surface area (Å²) < 4.78 is 38.3. The Morgan fingerprint density at radius 2 is 1.89 bits per heavy atom. The summed E-state index contributed by atoms with van der Waals surface area (Å²) in [4.78, 5) is 3.60. The zero-order chi connectivity index (χ0) is 13.5. The van der Waals surface area contributed by atoms with E-state index in [9.17, 15) is 13.2 Å². The standard InChI is InChI=1S/C9H5Cl2F3N4/c10-5-1-4(9(12,13)14)2-16-8(5)18-3-6(11)7(15)17-18/h1-3H,(H2,15,17). The largest absolute Gasteiger partial charge is 0.417 e. The van der Waals surface area contributed by atoms with Gasteiger partial charge in [0.05, 0.1) is 16.8 Å². The minimum absolute atomic E-state index is 0.0169. The zero-order valence-corrected chi connectivity index (χ0v) is 10.1. The number of nitrogens with zero attached hydrogens (tertiary/aromatic N) is 3. The summed E-state index contributed by atoms with van der Waals surface area (Å²) in [6.45, 7) is 0. The van der Waals surface area contributed by atoms with Crippen LogP contribution in [-0.2, 0) is 6.18 Å². The van der Waals surface area contributed by atoms with Crippen molar-refractivity contribution >= 4 is 29.0 Å². The molecular formula is C9H5Cl2F3N4. The lowest BCUT2D eigenvalue weighted by molar-refractivity contribution is -0.137. The SMILES string of the molecule is Nc1nn(-c2ncc(C(F)(F)F)cc2Cl)cc1Cl. The molecule has 0 aliphatic heterocycles. The molecule has 96 valence electrons. The van der Waals surface area contributed by atoms with Gasteiger partial charge in [0.25, 0.3) is 0 Å². The second kappa shape index (κ2) is 4.33. The first-order valence-electron chi connectivity index (χ1n) is 4.53. The second-order valence-electron chi connectivity index (χ2n) is 3.33. The lowest BCUT2D eigenvalue weighted by Gasteiger charge is -2.08. The molecule has 0 spiro atoms. The van der Waals surface area contributed by atoms with Crippen molar-refractivity contribution in [3.63, 3.8) is 0 Å². The van der Waals surface area contributed by atoms with Gasteiger partial charge in [-0.2, -0.15) is 13.2 Å². The molecule has 0 bridgehead atoms. The lowest BCUT2D eigenvalue weighted by atomic mass is 10.3. The van der Waals surface area contributed by atoms with Crippen LogP contribution in [0.15, 0.2) is 18.5 Å². The number of rotatable bonds is 1. The molecule has 0 aliphatic carbocycles. The van der Waals surface area contributed by atoms with Gasteiger partial charge in [-0.15, -0.1) is 5.10 Å². The molecule has 2 N–H and O–H groups in total. The summed E-state index contributed by atoms with van der Waals surface area (Å²) in [6, 6.07) is 0.760. The number of anilines is 1. The first kappa shape index (κ1) is 13.0. The van der Waals surface area contributed by atoms with E-state index in [1.54, 1.807) is 0 Å². The van der Waals surface area contributed by atoms with Gasteiger partial charge in [0.15, 0.2) is 11.6 Å². The van der Waals surface area contributed by atoms with Crippen LogP contribution in [0.5, 0.6) is 0 Å². The quantitative estimate of drug-likeness (QED) is 0.879. The van der Waals surface area contributed by atoms with Gasteiger partial charge in [-0.3, -0.25) is 0 Å². The summed E-state index contributed by atoms with van der Waals surface area (Å²) in [5.41, 5.74) is 4.47. The highest BCUT2D eigenvalue weighted by Gasteiger charge is 2.31. The number of nitrogens with two attached hydrogens (primary N) is 1. The van der Waals surface area contributed by atoms with E-state index in [0.717, 1.165) is 10.7 Å². The Balaban J connectivity index is 2.48. The predicted molar refractivity (Wildman–Crippen MR) is 60.8 cm³/mol. The van der Waals surface area contributed by atoms with E-state index < -0.39 is 11.7 Å². The normalized spacial score (nSPS) is 11.8. The molecule has 2 heterocycles. The molecule has 0 saturated carbocycles. The molecule has 0 radical (unpaired) electrons. The topological polar surface area (TPSA) is 56.7 Å². The Bertz CT molecular complexity index is 574. The molecule has 2 aromatic heterocycles. The summed E-state index contributed by atoms with van der Waals surface area (Å²) in [5, 5.41) is 3.72. The smallest absolute Gasteiger partial charge is 0.381 e. The third-order valence-electron chi connectivity index (χ3n) is 2.06. The Morgan fingerprint density at radius 1 is 1.22 bits per heavy atom. The molecule has 0 saturated heterocycles. The number of alkyl halides is 3. The zero-order valence-electron chi connectivity index (χ0n) is 8.54. The van der Waals surface area contributed by atoms with Crippen LogP contribution in [0.3, 0.4) is 0 Å². The molecule has 18 heavy (non-hydrogen) atoms. The maximum Gasteiger partial charge on any atom is 0.417 e. The average Bonchev–Trinajstić information content (AvgIpc) is 2.57. The lowest BCUT2D eigenvalue weighted by Crippen LogP contribution is -2.08. The van der Waals surface area contributed by atoms with Gasteiger partial charge in [0.1, 0.15) is 5.02 Å². The number of nitrogen functional groups attached to an aromatic ring is 1. The third-order valence-corrected chi connectivity index (χ3v) is 2.63. The molecular weight excluding hydrogens is 292 g/mol. The van der Waals surface area contributed by atoms with E-state index in [1.165, 1.54) is 6.20 Å². The first-order valence-corrected chi connectivity index (χ1v) is 5.28. The highest BCUT2D eigenvalue weighted by Crippen LogP contribution is 2.32. The van der Waals surface area contributed by atoms with E-state index in [0.29, 0.717) is 6.20 Å². The van der Waals surface area contributed by atoms with Crippen LogP contribution in [0.2, 0.25) is 10.0 Å². The van der Waals surface area contributed by atoms with Crippen LogP contribution in [0.4, 0.5) is 19.0 Å². The molecule has 0 atom stereocenters. The number of hydrogen-bond donors (Lipinski definition) is 1. The minimum Gasteiger partial charge on any atom is -0.381 e. The summed E-state index contributed by atoms with van der Waals surface area (Å²) in [6.07, 6.45) is -2.54. The van der Waals surface area contributed by atoms with Gasteiger partial charge in [-0.1, -0.05) is 23.2 Å². The van der Waals surface area contributed by atoms with Crippen molar-refractivity contribution in [1.82, 2.24) is 14.8 Å². The van der Waals surface area contributed by atoms with Crippen molar-refractivity contribution in [2.75, 3.05) is 5.73 Å². The number of hydrogen-bond acceptors (Lipinski definition) is 3. The van der Waals surface area contributed by atoms with E-state index >= 15 is 0 Å². The van der Waals surface area contributed by atoms with Crippen molar-refractivity contribution in [3.05, 3.63) is 34.1 Å². The molecule has 0 aromatic carbocycles. The van der Waals surface area contributed by atoms with Crippen LogP contribution in [0, 0.1) is 0 Å². The Kier molecular flexibility index (Phi) is 3.12. The summed E-state index contributed by atoms with van der Waals surface area (Å²) >= 11 is 11.4. The van der Waals surface area contributed by atoms with Crippen LogP contribution in [0.25, 0.3) is 5.82 Å². The number of halogens is 5. The molecule has 0 amide bonds. The van der Waals surface area contributed by atoms with E-state index in [2.05, 4.69) is 10.1 Å². The third kappa shape index (κ3) is 2.37. The van der Waals surface area contributed by atoms with Crippen molar-refractivity contribution < 1.29 is 13.2 Å². The second-order valence-corrected chi connectivity index (χ2v) is 4.15. The molecule has 0 aliphatic rings. The number of pyridine rings is 1. The molecule has 2 rings (SSSR count). The monoisotopic (exact) mass is 296 g/mol. The maximum absolute atomic E-state index is 12.4. The van der Waals surface area contributed by atoms with Gasteiger partial charge in [0.2, 0.25) is 0 Å². The molecule has 0 unspecified atom stereocenters. The molecule has 4 nitrogen and oxygen atoms in total. The van der Waals surface area contributed by atoms with Crippen molar-refractivity contribution in [1.29, 1.82) is 0 Å². The fourth-order valence-electron chi connectivity index (χ4n) is 1.23. The van der Waals surface area contributed by atoms with E-state index in [4.69, 9.17) is 28.9 Å². The Hall–Kier alpha value is -1.47. The fraction of sp³-hybridized carbons (Fsp3) is 0.111. The van der Waals surface area contributed by atoms with Gasteiger partial charge in [-0.25, -0.2) is 9.67 Å². The van der Waals surface area contributed by atoms with Crippen LogP contribution >= 0.6 is 23.2 Å². The van der Waals surface area contributed by atoms with E-state index in [1.807, 2.05) is 0 Å². The summed E-state index contributed by atoms with van der Waals surface area (Å²) in [5.74, 6) is 0.0534. The van der Waals surface area contributed by atoms with Crippen molar-refractivity contribution in [2.45, 2.75) is 6.18 Å². The van der Waals surface area contributed by atoms with Gasteiger partial charge < -0.3 is 5.73 Å². The van der Waals surface area contributed by atoms with Crippen LogP contribution < -0.4 is 5.73 Å². The van der Waals surface area contributed by atoms with Crippen molar-refractivity contribution in [3.8, 4) is 5.82 Å². The summed E-state index contributed by atoms with van der Waals surface area (Å²) in [7, 11) is 0. The minimum atomic E-state index is -4.50. The van der Waals surface area contributed by atoms with Crippen LogP contribution in [-0.4, -0.2) is 14.8 Å². The maximum atomic E-state index is 12.4. The highest BCUT2D eigenvalue weighted by atomic mass is 35.5. The van der Waals surface area contributed by atoms with Gasteiger partial charge >= 0.3 is 6.18 Å².